The molecule has 1 amide bonds. The molecule has 3 rings (SSSR count). The van der Waals surface area contributed by atoms with Crippen LogP contribution in [0.25, 0.3) is 0 Å². The average Bonchev–Trinajstić information content (AvgIpc) is 2.84. The van der Waals surface area contributed by atoms with Gasteiger partial charge in [0.25, 0.3) is 5.91 Å². The fourth-order valence-corrected chi connectivity index (χ4v) is 3.82. The predicted molar refractivity (Wildman–Crippen MR) is 136 cm³/mol. The lowest BCUT2D eigenvalue weighted by atomic mass is 10.2. The SMILES string of the molecule is CCOc1cc(/C=N/NC(=O)c2ccc(OC)c(OC)c2)cc(I)c1OCc1ccccc1F. The lowest BCUT2D eigenvalue weighted by Crippen LogP contribution is -2.17. The van der Waals surface area contributed by atoms with E-state index in [4.69, 9.17) is 18.9 Å². The number of nitrogens with one attached hydrogen (secondary N) is 1. The monoisotopic (exact) mass is 578 g/mol. The van der Waals surface area contributed by atoms with E-state index in [0.717, 1.165) is 3.57 Å². The van der Waals surface area contributed by atoms with Crippen LogP contribution in [0.15, 0.2) is 59.7 Å². The molecule has 0 aliphatic carbocycles. The second kappa shape index (κ2) is 12.2. The highest BCUT2D eigenvalue weighted by Crippen LogP contribution is 2.34. The van der Waals surface area contributed by atoms with Crippen molar-refractivity contribution in [3.8, 4) is 23.0 Å². The molecule has 0 unspecified atom stereocenters. The number of rotatable bonds is 10. The Kier molecular flexibility index (Phi) is 9.08. The number of halogens is 2. The molecule has 0 heterocycles. The number of nitrogens with zero attached hydrogens (tertiary/aromatic N) is 1. The molecule has 0 atom stereocenters. The Morgan fingerprint density at radius 2 is 1.79 bits per heavy atom. The number of hydrazone groups is 1. The molecule has 0 radical (unpaired) electrons. The van der Waals surface area contributed by atoms with Crippen LogP contribution in [0.1, 0.15) is 28.4 Å². The van der Waals surface area contributed by atoms with E-state index in [1.807, 2.05) is 13.0 Å². The van der Waals surface area contributed by atoms with Gasteiger partial charge in [-0.15, -0.1) is 0 Å². The lowest BCUT2D eigenvalue weighted by Gasteiger charge is -2.15. The van der Waals surface area contributed by atoms with Gasteiger partial charge in [0.05, 0.1) is 30.6 Å². The van der Waals surface area contributed by atoms with Crippen LogP contribution in [-0.2, 0) is 6.61 Å². The van der Waals surface area contributed by atoms with Crippen LogP contribution >= 0.6 is 22.6 Å². The van der Waals surface area contributed by atoms with Crippen molar-refractivity contribution < 1.29 is 28.1 Å². The van der Waals surface area contributed by atoms with Crippen molar-refractivity contribution in [1.29, 1.82) is 0 Å². The van der Waals surface area contributed by atoms with Crippen molar-refractivity contribution in [3.05, 3.63) is 80.7 Å². The van der Waals surface area contributed by atoms with Gasteiger partial charge in [0.15, 0.2) is 23.0 Å². The molecule has 0 saturated carbocycles. The van der Waals surface area contributed by atoms with Crippen LogP contribution in [0, 0.1) is 9.39 Å². The highest BCUT2D eigenvalue weighted by Gasteiger charge is 2.14. The van der Waals surface area contributed by atoms with Crippen molar-refractivity contribution in [3.63, 3.8) is 0 Å². The Balaban J connectivity index is 1.73. The maximum atomic E-state index is 13.9. The first-order valence-electron chi connectivity index (χ1n) is 10.3. The average molecular weight is 578 g/mol. The fourth-order valence-electron chi connectivity index (χ4n) is 3.04. The Morgan fingerprint density at radius 1 is 1.03 bits per heavy atom. The number of carbonyl (C=O) groups is 1. The van der Waals surface area contributed by atoms with Crippen molar-refractivity contribution in [2.24, 2.45) is 5.10 Å². The molecule has 0 aromatic heterocycles. The molecule has 3 aromatic carbocycles. The van der Waals surface area contributed by atoms with Gasteiger partial charge in [-0.1, -0.05) is 18.2 Å². The third-order valence-corrected chi connectivity index (χ3v) is 5.49. The van der Waals surface area contributed by atoms with E-state index >= 15 is 0 Å². The Hall–Kier alpha value is -3.34. The first-order chi connectivity index (χ1) is 16.5. The number of benzene rings is 3. The molecule has 0 aliphatic heterocycles. The summed E-state index contributed by atoms with van der Waals surface area (Å²) in [6.07, 6.45) is 1.50. The zero-order valence-electron chi connectivity index (χ0n) is 18.9. The second-order valence-corrected chi connectivity index (χ2v) is 8.07. The van der Waals surface area contributed by atoms with Gasteiger partial charge in [-0.05, 0) is 71.5 Å². The van der Waals surface area contributed by atoms with Crippen molar-refractivity contribution in [2.45, 2.75) is 13.5 Å². The van der Waals surface area contributed by atoms with Crippen LogP contribution in [0.5, 0.6) is 23.0 Å². The van der Waals surface area contributed by atoms with Gasteiger partial charge in [-0.25, -0.2) is 9.82 Å². The third-order valence-electron chi connectivity index (χ3n) is 4.69. The van der Waals surface area contributed by atoms with E-state index in [-0.39, 0.29) is 12.4 Å². The number of carbonyl (C=O) groups excluding carboxylic acids is 1. The molecule has 0 aliphatic rings. The minimum atomic E-state index is -0.401. The van der Waals surface area contributed by atoms with Crippen LogP contribution < -0.4 is 24.4 Å². The predicted octanol–water partition coefficient (Wildman–Crippen LogP) is 5.19. The Bertz CT molecular complexity index is 1190. The molecule has 34 heavy (non-hydrogen) atoms. The van der Waals surface area contributed by atoms with Gasteiger partial charge in [-0.2, -0.15) is 5.10 Å². The number of hydrogen-bond donors (Lipinski definition) is 1. The number of methoxy groups -OCH3 is 2. The summed E-state index contributed by atoms with van der Waals surface area (Å²) < 4.78 is 36.7. The molecule has 7 nitrogen and oxygen atoms in total. The van der Waals surface area contributed by atoms with Gasteiger partial charge in [-0.3, -0.25) is 4.79 Å². The van der Waals surface area contributed by atoms with Gasteiger partial charge in [0, 0.05) is 11.1 Å². The van der Waals surface area contributed by atoms with E-state index in [1.165, 1.54) is 26.5 Å². The van der Waals surface area contributed by atoms with Crippen LogP contribution in [0.4, 0.5) is 4.39 Å². The quantitative estimate of drug-likeness (QED) is 0.204. The fraction of sp³-hybridized carbons (Fsp3) is 0.200. The van der Waals surface area contributed by atoms with E-state index < -0.39 is 5.91 Å². The molecule has 3 aromatic rings. The normalized spacial score (nSPS) is 10.7. The highest BCUT2D eigenvalue weighted by molar-refractivity contribution is 14.1. The molecule has 1 N–H and O–H groups in total. The standard InChI is InChI=1S/C25H24FIN2O5/c1-4-33-23-12-16(11-20(27)24(23)34-15-18-7-5-6-8-19(18)26)14-28-29-25(30)17-9-10-21(31-2)22(13-17)32-3/h5-14H,4,15H2,1-3H3,(H,29,30)/b28-14+. The first-order valence-corrected chi connectivity index (χ1v) is 11.4. The van der Waals surface area contributed by atoms with E-state index in [0.29, 0.717) is 46.3 Å². The summed E-state index contributed by atoms with van der Waals surface area (Å²) in [7, 11) is 3.02. The summed E-state index contributed by atoms with van der Waals surface area (Å²) in [4.78, 5) is 12.4. The van der Waals surface area contributed by atoms with Gasteiger partial charge in [0.2, 0.25) is 0 Å². The van der Waals surface area contributed by atoms with Crippen LogP contribution in [0.3, 0.4) is 0 Å². The smallest absolute Gasteiger partial charge is 0.271 e. The number of hydrogen-bond acceptors (Lipinski definition) is 6. The van der Waals surface area contributed by atoms with Crippen molar-refractivity contribution >= 4 is 34.7 Å². The minimum Gasteiger partial charge on any atom is -0.493 e. The van der Waals surface area contributed by atoms with Crippen molar-refractivity contribution in [2.75, 3.05) is 20.8 Å². The lowest BCUT2D eigenvalue weighted by molar-refractivity contribution is 0.0954. The zero-order chi connectivity index (χ0) is 24.5. The Morgan fingerprint density at radius 3 is 2.50 bits per heavy atom. The molecule has 0 bridgehead atoms. The van der Waals surface area contributed by atoms with Crippen LogP contribution in [0.2, 0.25) is 0 Å². The summed E-state index contributed by atoms with van der Waals surface area (Å²) in [5, 5.41) is 4.05. The molecule has 9 heteroatoms. The summed E-state index contributed by atoms with van der Waals surface area (Å²) in [6, 6.07) is 14.9. The summed E-state index contributed by atoms with van der Waals surface area (Å²) in [5.74, 6) is 1.25. The number of amides is 1. The minimum absolute atomic E-state index is 0.0670. The summed E-state index contributed by atoms with van der Waals surface area (Å²) >= 11 is 2.12. The van der Waals surface area contributed by atoms with Gasteiger partial charge >= 0.3 is 0 Å². The second-order valence-electron chi connectivity index (χ2n) is 6.91. The number of ether oxygens (including phenoxy) is 4. The maximum Gasteiger partial charge on any atom is 0.271 e. The van der Waals surface area contributed by atoms with E-state index in [9.17, 15) is 9.18 Å². The Labute approximate surface area is 211 Å². The summed E-state index contributed by atoms with van der Waals surface area (Å²) in [5.41, 5.74) is 4.01. The summed E-state index contributed by atoms with van der Waals surface area (Å²) in [6.45, 7) is 2.35. The molecule has 0 saturated heterocycles. The zero-order valence-corrected chi connectivity index (χ0v) is 21.1. The molecule has 0 fully saturated rings. The first kappa shape index (κ1) is 25.3. The van der Waals surface area contributed by atoms with E-state index in [2.05, 4.69) is 33.1 Å². The van der Waals surface area contributed by atoms with E-state index in [1.54, 1.807) is 42.5 Å². The topological polar surface area (TPSA) is 78.4 Å². The van der Waals surface area contributed by atoms with Crippen LogP contribution in [-0.4, -0.2) is 32.9 Å². The third kappa shape index (κ3) is 6.37. The molecule has 0 spiro atoms. The molecule has 178 valence electrons. The highest BCUT2D eigenvalue weighted by atomic mass is 127. The van der Waals surface area contributed by atoms with Crippen molar-refractivity contribution in [1.82, 2.24) is 5.43 Å². The molecular weight excluding hydrogens is 554 g/mol. The largest absolute Gasteiger partial charge is 0.493 e. The molecular formula is C25H24FIN2O5. The van der Waals surface area contributed by atoms with Gasteiger partial charge in [0.1, 0.15) is 12.4 Å². The maximum absolute atomic E-state index is 13.9. The van der Waals surface area contributed by atoms with Gasteiger partial charge < -0.3 is 18.9 Å².